The fourth-order valence-corrected chi connectivity index (χ4v) is 11.1. The fourth-order valence-electron chi connectivity index (χ4n) is 9.94. The molecule has 6 nitrogen and oxygen atoms in total. The summed E-state index contributed by atoms with van der Waals surface area (Å²) in [6.45, 7) is 4.25. The molecule has 8 aromatic carbocycles. The number of para-hydroxylation sites is 1. The van der Waals surface area contributed by atoms with Crippen molar-refractivity contribution >= 4 is 92.2 Å². The molecule has 5 heterocycles. The number of thiophene rings is 1. The molecule has 0 bridgehead atoms. The monoisotopic (exact) mass is 839 g/mol. The third-order valence-corrected chi connectivity index (χ3v) is 13.8. The standard InChI is InChI=1S/C57H37N5OS/c1-3-16-38-34(2)61(57-59-55(36-19-8-5-9-20-36)58-56(60-57)45-24-15-28-50-52(45)44-22-11-13-27-49(44)64-50)53-41(38)31-32-42-40-21-10-12-25-46(40)62(54(42)53)37-29-30-43-48(33-37)63-47-26-14-23-39(51(43)47)35-17-6-4-7-18-35/h3-33H,1-2H3/b16-3-. The molecular formula is C57H37N5OS. The summed E-state index contributed by atoms with van der Waals surface area (Å²) in [5.74, 6) is 1.80. The maximum absolute atomic E-state index is 6.72. The molecule has 0 saturated carbocycles. The van der Waals surface area contributed by atoms with E-state index in [1.165, 1.54) is 14.8 Å². The topological polar surface area (TPSA) is 61.7 Å². The number of fused-ring (bicyclic) bond motifs is 11. The average molecular weight is 840 g/mol. The largest absolute Gasteiger partial charge is 0.456 e. The highest BCUT2D eigenvalue weighted by atomic mass is 32.1. The maximum atomic E-state index is 6.72. The summed E-state index contributed by atoms with van der Waals surface area (Å²) in [5.41, 5.74) is 12.3. The molecule has 0 aliphatic rings. The molecule has 0 aliphatic carbocycles. The van der Waals surface area contributed by atoms with Crippen molar-refractivity contribution in [2.24, 2.45) is 0 Å². The molecule has 64 heavy (non-hydrogen) atoms. The summed E-state index contributed by atoms with van der Waals surface area (Å²) in [4.78, 5) is 16.1. The molecule has 302 valence electrons. The van der Waals surface area contributed by atoms with Gasteiger partial charge in [0, 0.05) is 75.6 Å². The second-order valence-corrected chi connectivity index (χ2v) is 17.4. The lowest BCUT2D eigenvalue weighted by Crippen LogP contribution is -2.08. The van der Waals surface area contributed by atoms with E-state index in [9.17, 15) is 0 Å². The van der Waals surface area contributed by atoms with Crippen molar-refractivity contribution in [1.29, 1.82) is 0 Å². The number of hydrogen-bond donors (Lipinski definition) is 0. The molecule has 0 amide bonds. The van der Waals surface area contributed by atoms with Crippen LogP contribution in [0.15, 0.2) is 186 Å². The van der Waals surface area contributed by atoms with Crippen molar-refractivity contribution in [2.75, 3.05) is 0 Å². The van der Waals surface area contributed by atoms with Crippen LogP contribution in [-0.4, -0.2) is 24.1 Å². The lowest BCUT2D eigenvalue weighted by molar-refractivity contribution is 0.668. The second kappa shape index (κ2) is 14.2. The van der Waals surface area contributed by atoms with Gasteiger partial charge in [0.15, 0.2) is 11.6 Å². The van der Waals surface area contributed by atoms with E-state index in [1.807, 2.05) is 18.2 Å². The smallest absolute Gasteiger partial charge is 0.238 e. The normalized spacial score (nSPS) is 12.2. The Hall–Kier alpha value is -8.13. The number of furan rings is 1. The van der Waals surface area contributed by atoms with Crippen LogP contribution in [-0.2, 0) is 0 Å². The molecule has 0 fully saturated rings. The summed E-state index contributed by atoms with van der Waals surface area (Å²) < 4.78 is 13.8. The van der Waals surface area contributed by atoms with E-state index in [4.69, 9.17) is 19.4 Å². The van der Waals surface area contributed by atoms with Crippen LogP contribution in [0.1, 0.15) is 18.2 Å². The molecule has 13 aromatic rings. The van der Waals surface area contributed by atoms with Crippen molar-refractivity contribution in [3.63, 3.8) is 0 Å². The van der Waals surface area contributed by atoms with E-state index >= 15 is 0 Å². The molecule has 0 saturated heterocycles. The second-order valence-electron chi connectivity index (χ2n) is 16.3. The number of nitrogens with zero attached hydrogens (tertiary/aromatic N) is 5. The van der Waals surface area contributed by atoms with E-state index in [0.717, 1.165) is 99.2 Å². The predicted octanol–water partition coefficient (Wildman–Crippen LogP) is 15.5. The highest BCUT2D eigenvalue weighted by molar-refractivity contribution is 7.25. The van der Waals surface area contributed by atoms with Gasteiger partial charge in [0.2, 0.25) is 5.95 Å². The molecule has 0 radical (unpaired) electrons. The van der Waals surface area contributed by atoms with Gasteiger partial charge in [-0.3, -0.25) is 4.57 Å². The summed E-state index contributed by atoms with van der Waals surface area (Å²) in [6.07, 6.45) is 4.32. The quantitative estimate of drug-likeness (QED) is 0.167. The van der Waals surface area contributed by atoms with E-state index in [1.54, 1.807) is 11.3 Å². The van der Waals surface area contributed by atoms with Gasteiger partial charge in [-0.25, -0.2) is 4.98 Å². The van der Waals surface area contributed by atoms with Crippen molar-refractivity contribution in [2.45, 2.75) is 13.8 Å². The molecule has 0 unspecified atom stereocenters. The minimum absolute atomic E-state index is 0.559. The van der Waals surface area contributed by atoms with E-state index < -0.39 is 0 Å². The van der Waals surface area contributed by atoms with E-state index in [0.29, 0.717) is 17.6 Å². The number of rotatable bonds is 6. The molecular weight excluding hydrogens is 803 g/mol. The Morgan fingerprint density at radius 2 is 1.17 bits per heavy atom. The van der Waals surface area contributed by atoms with Crippen LogP contribution in [0.5, 0.6) is 0 Å². The summed E-state index contributed by atoms with van der Waals surface area (Å²) in [5, 5.41) is 7.96. The first-order valence-corrected chi connectivity index (χ1v) is 22.4. The summed E-state index contributed by atoms with van der Waals surface area (Å²) >= 11 is 1.80. The molecule has 7 heteroatoms. The van der Waals surface area contributed by atoms with Crippen LogP contribution in [0.4, 0.5) is 0 Å². The molecule has 5 aromatic heterocycles. The van der Waals surface area contributed by atoms with Crippen molar-refractivity contribution in [3.05, 3.63) is 193 Å². The van der Waals surface area contributed by atoms with Crippen molar-refractivity contribution in [1.82, 2.24) is 24.1 Å². The SMILES string of the molecule is C/C=C\c1c(C)n(-c2nc(-c3ccccc3)nc(-c3cccc4sc5ccccc5c34)n2)c2c1ccc1c3ccccc3n(-c3ccc4c(c3)oc3cccc(-c5ccccc5)c34)c12. The van der Waals surface area contributed by atoms with Crippen LogP contribution >= 0.6 is 11.3 Å². The van der Waals surface area contributed by atoms with Crippen LogP contribution in [0.2, 0.25) is 0 Å². The summed E-state index contributed by atoms with van der Waals surface area (Å²) in [6, 6.07) is 62.0. The lowest BCUT2D eigenvalue weighted by Gasteiger charge is -2.14. The minimum atomic E-state index is 0.559. The Kier molecular flexibility index (Phi) is 8.11. The third kappa shape index (κ3) is 5.41. The summed E-state index contributed by atoms with van der Waals surface area (Å²) in [7, 11) is 0. The van der Waals surface area contributed by atoms with E-state index in [-0.39, 0.29) is 0 Å². The number of aromatic nitrogens is 5. The first-order chi connectivity index (χ1) is 31.6. The maximum Gasteiger partial charge on any atom is 0.238 e. The van der Waals surface area contributed by atoms with Crippen LogP contribution in [0.25, 0.3) is 126 Å². The predicted molar refractivity (Wildman–Crippen MR) is 267 cm³/mol. The number of benzene rings is 8. The van der Waals surface area contributed by atoms with E-state index in [2.05, 4.69) is 193 Å². The zero-order valence-electron chi connectivity index (χ0n) is 35.0. The first kappa shape index (κ1) is 36.5. The number of hydrogen-bond acceptors (Lipinski definition) is 5. The average Bonchev–Trinajstić information content (AvgIpc) is 4.09. The fraction of sp³-hybridized carbons (Fsp3) is 0.0351. The minimum Gasteiger partial charge on any atom is -0.456 e. The van der Waals surface area contributed by atoms with Crippen molar-refractivity contribution in [3.8, 4) is 45.5 Å². The van der Waals surface area contributed by atoms with Crippen molar-refractivity contribution < 1.29 is 4.42 Å². The molecule has 0 N–H and O–H groups in total. The van der Waals surface area contributed by atoms with Gasteiger partial charge < -0.3 is 8.98 Å². The van der Waals surface area contributed by atoms with Gasteiger partial charge >= 0.3 is 0 Å². The van der Waals surface area contributed by atoms with Gasteiger partial charge in [0.1, 0.15) is 11.2 Å². The molecule has 0 aliphatic heterocycles. The highest BCUT2D eigenvalue weighted by Gasteiger charge is 2.25. The molecule has 13 rings (SSSR count). The van der Waals surface area contributed by atoms with Crippen LogP contribution < -0.4 is 0 Å². The Balaban J connectivity index is 1.12. The zero-order valence-corrected chi connectivity index (χ0v) is 35.8. The van der Waals surface area contributed by atoms with Gasteiger partial charge in [0.25, 0.3) is 0 Å². The highest BCUT2D eigenvalue weighted by Crippen LogP contribution is 2.44. The number of allylic oxidation sites excluding steroid dienone is 1. The van der Waals surface area contributed by atoms with Gasteiger partial charge in [-0.2, -0.15) is 9.97 Å². The Morgan fingerprint density at radius 3 is 2.02 bits per heavy atom. The first-order valence-electron chi connectivity index (χ1n) is 21.6. The third-order valence-electron chi connectivity index (χ3n) is 12.7. The molecule has 0 atom stereocenters. The zero-order chi connectivity index (χ0) is 42.5. The van der Waals surface area contributed by atoms with Crippen LogP contribution in [0, 0.1) is 6.92 Å². The molecule has 0 spiro atoms. The van der Waals surface area contributed by atoms with Gasteiger partial charge in [0.05, 0.1) is 22.2 Å². The Morgan fingerprint density at radius 1 is 0.500 bits per heavy atom. The lowest BCUT2D eigenvalue weighted by atomic mass is 9.99. The van der Waals surface area contributed by atoms with Gasteiger partial charge in [-0.15, -0.1) is 11.3 Å². The Labute approximate surface area is 371 Å². The Bertz CT molecular complexity index is 4040. The van der Waals surface area contributed by atoms with Crippen LogP contribution in [0.3, 0.4) is 0 Å². The van der Waals surface area contributed by atoms with Gasteiger partial charge in [-0.05, 0) is 61.4 Å². The van der Waals surface area contributed by atoms with Gasteiger partial charge in [-0.1, -0.05) is 146 Å².